The van der Waals surface area contributed by atoms with Gasteiger partial charge in [0.15, 0.2) is 0 Å². The number of hydrogen-bond acceptors (Lipinski definition) is 5. The minimum Gasteiger partial charge on any atom is -0.471 e. The van der Waals surface area contributed by atoms with Gasteiger partial charge in [-0.1, -0.05) is 11.8 Å². The van der Waals surface area contributed by atoms with E-state index in [1.807, 2.05) is 6.07 Å². The highest BCUT2D eigenvalue weighted by atomic mass is 16.5. The number of carbonyl (C=O) groups is 1. The predicted octanol–water partition coefficient (Wildman–Crippen LogP) is 2.46. The lowest BCUT2D eigenvalue weighted by molar-refractivity contribution is -0.138. The fraction of sp³-hybridized carbons (Fsp3) is 0.250. The first-order valence-electron chi connectivity index (χ1n) is 8.19. The molecule has 3 rings (SSSR count). The van der Waals surface area contributed by atoms with Crippen LogP contribution in [0.15, 0.2) is 33.1 Å². The molecule has 2 aromatic rings. The Morgan fingerprint density at radius 2 is 2.31 bits per heavy atom. The number of nitrogens with one attached hydrogen (secondary N) is 1. The number of carbonyl (C=O) groups excluding carboxylic acids is 1. The standard InChI is InChI=1S/C20H16N2O4/c1-3-25-20(24)17(21-2)10-15-8-14-9-16-12-22-7-5-4-6-13(16)11-18(14)26-19(15)23/h8-11,22H,3,5,7,12H2,1H3. The van der Waals surface area contributed by atoms with Gasteiger partial charge in [-0.05, 0) is 36.8 Å². The van der Waals surface area contributed by atoms with Gasteiger partial charge in [-0.3, -0.25) is 4.79 Å². The molecule has 0 amide bonds. The van der Waals surface area contributed by atoms with Crippen molar-refractivity contribution in [3.63, 3.8) is 0 Å². The molecule has 0 radical (unpaired) electrons. The fourth-order valence-electron chi connectivity index (χ4n) is 2.61. The number of esters is 1. The second-order valence-corrected chi connectivity index (χ2v) is 5.63. The highest BCUT2D eigenvalue weighted by Crippen LogP contribution is 2.21. The van der Waals surface area contributed by atoms with Crippen LogP contribution in [0.4, 0.5) is 0 Å². The maximum Gasteiger partial charge on any atom is 0.342 e. The molecule has 0 bridgehead atoms. The van der Waals surface area contributed by atoms with Crippen molar-refractivity contribution in [2.24, 2.45) is 0 Å². The largest absolute Gasteiger partial charge is 0.471 e. The fourth-order valence-corrected chi connectivity index (χ4v) is 2.61. The number of benzene rings is 1. The monoisotopic (exact) mass is 348 g/mol. The first-order chi connectivity index (χ1) is 12.6. The van der Waals surface area contributed by atoms with Crippen LogP contribution < -0.4 is 10.9 Å². The summed E-state index contributed by atoms with van der Waals surface area (Å²) in [6, 6.07) is 5.26. The smallest absolute Gasteiger partial charge is 0.342 e. The van der Waals surface area contributed by atoms with E-state index >= 15 is 0 Å². The van der Waals surface area contributed by atoms with E-state index in [1.165, 1.54) is 6.08 Å². The summed E-state index contributed by atoms with van der Waals surface area (Å²) in [7, 11) is 0. The summed E-state index contributed by atoms with van der Waals surface area (Å²) in [5, 5.41) is 4.00. The highest BCUT2D eigenvalue weighted by Gasteiger charge is 2.14. The van der Waals surface area contributed by atoms with Crippen molar-refractivity contribution in [2.75, 3.05) is 13.2 Å². The first kappa shape index (κ1) is 17.5. The highest BCUT2D eigenvalue weighted by molar-refractivity contribution is 5.96. The van der Waals surface area contributed by atoms with Gasteiger partial charge in [-0.2, -0.15) is 0 Å². The van der Waals surface area contributed by atoms with E-state index in [-0.39, 0.29) is 17.9 Å². The quantitative estimate of drug-likeness (QED) is 0.303. The lowest BCUT2D eigenvalue weighted by atomic mass is 10.0. The van der Waals surface area contributed by atoms with Crippen LogP contribution in [0.1, 0.15) is 30.0 Å². The molecule has 0 aliphatic carbocycles. The zero-order chi connectivity index (χ0) is 18.5. The van der Waals surface area contributed by atoms with Crippen LogP contribution in [0.2, 0.25) is 0 Å². The second-order valence-electron chi connectivity index (χ2n) is 5.63. The molecule has 26 heavy (non-hydrogen) atoms. The Kier molecular flexibility index (Phi) is 5.17. The van der Waals surface area contributed by atoms with Gasteiger partial charge in [-0.25, -0.2) is 9.64 Å². The molecule has 0 saturated carbocycles. The van der Waals surface area contributed by atoms with Crippen LogP contribution in [-0.4, -0.2) is 19.1 Å². The SMILES string of the molecule is [C-]#[N+]C(=Cc1cc2cc3c(cc2oc1=O)C#CCCNC3)C(=O)OCC. The molecular weight excluding hydrogens is 332 g/mol. The van der Waals surface area contributed by atoms with Gasteiger partial charge in [0, 0.05) is 30.5 Å². The maximum absolute atomic E-state index is 12.2. The second kappa shape index (κ2) is 7.69. The first-order valence-corrected chi connectivity index (χ1v) is 8.19. The van der Waals surface area contributed by atoms with Gasteiger partial charge in [0.2, 0.25) is 0 Å². The summed E-state index contributed by atoms with van der Waals surface area (Å²) in [6.07, 6.45) is 1.96. The van der Waals surface area contributed by atoms with E-state index in [4.69, 9.17) is 15.7 Å². The van der Waals surface area contributed by atoms with Crippen molar-refractivity contribution in [1.82, 2.24) is 5.32 Å². The van der Waals surface area contributed by atoms with E-state index in [2.05, 4.69) is 22.0 Å². The summed E-state index contributed by atoms with van der Waals surface area (Å²) in [6.45, 7) is 10.4. The van der Waals surface area contributed by atoms with Crippen LogP contribution in [0.25, 0.3) is 21.9 Å². The minimum absolute atomic E-state index is 0.126. The lowest BCUT2D eigenvalue weighted by Crippen LogP contribution is -2.16. The van der Waals surface area contributed by atoms with Gasteiger partial charge >= 0.3 is 11.6 Å². The van der Waals surface area contributed by atoms with E-state index in [0.717, 1.165) is 24.1 Å². The molecule has 0 fully saturated rings. The molecule has 1 aromatic heterocycles. The average molecular weight is 348 g/mol. The molecule has 2 heterocycles. The maximum atomic E-state index is 12.2. The normalized spacial score (nSPS) is 13.6. The molecule has 0 spiro atoms. The molecule has 6 nitrogen and oxygen atoms in total. The Bertz CT molecular complexity index is 1060. The number of fused-ring (bicyclic) bond motifs is 2. The van der Waals surface area contributed by atoms with Gasteiger partial charge < -0.3 is 14.5 Å². The summed E-state index contributed by atoms with van der Waals surface area (Å²) >= 11 is 0. The van der Waals surface area contributed by atoms with Crippen molar-refractivity contribution >= 4 is 23.0 Å². The number of hydrogen-bond donors (Lipinski definition) is 1. The van der Waals surface area contributed by atoms with Crippen LogP contribution in [-0.2, 0) is 16.1 Å². The topological polar surface area (TPSA) is 72.9 Å². The van der Waals surface area contributed by atoms with Crippen molar-refractivity contribution in [3.8, 4) is 11.8 Å². The number of nitrogens with zero attached hydrogens (tertiary/aromatic N) is 1. The van der Waals surface area contributed by atoms with Gasteiger partial charge in [0.05, 0.1) is 18.7 Å². The average Bonchev–Trinajstić information content (AvgIpc) is 2.60. The lowest BCUT2D eigenvalue weighted by Gasteiger charge is -2.10. The Hall–Kier alpha value is -3.35. The molecule has 0 saturated heterocycles. The van der Waals surface area contributed by atoms with Gasteiger partial charge in [0.1, 0.15) is 5.58 Å². The predicted molar refractivity (Wildman–Crippen MR) is 96.9 cm³/mol. The molecule has 0 atom stereocenters. The number of ether oxygens (including phenoxy) is 1. The molecule has 130 valence electrons. The third-order valence-corrected chi connectivity index (χ3v) is 3.85. The Labute approximate surface area is 150 Å². The van der Waals surface area contributed by atoms with Crippen LogP contribution in [0.5, 0.6) is 0 Å². The Morgan fingerprint density at radius 1 is 1.46 bits per heavy atom. The number of rotatable bonds is 3. The van der Waals surface area contributed by atoms with Crippen LogP contribution in [0.3, 0.4) is 0 Å². The molecule has 6 heteroatoms. The summed E-state index contributed by atoms with van der Waals surface area (Å²) in [4.78, 5) is 27.1. The zero-order valence-electron chi connectivity index (χ0n) is 14.2. The van der Waals surface area contributed by atoms with E-state index in [9.17, 15) is 9.59 Å². The Balaban J connectivity index is 2.11. The van der Waals surface area contributed by atoms with Crippen LogP contribution >= 0.6 is 0 Å². The van der Waals surface area contributed by atoms with E-state index in [0.29, 0.717) is 17.5 Å². The van der Waals surface area contributed by atoms with Crippen molar-refractivity contribution in [2.45, 2.75) is 19.9 Å². The van der Waals surface area contributed by atoms with Crippen molar-refractivity contribution in [1.29, 1.82) is 0 Å². The molecule has 1 aromatic carbocycles. The molecule has 1 N–H and O–H groups in total. The third kappa shape index (κ3) is 3.66. The third-order valence-electron chi connectivity index (χ3n) is 3.85. The van der Waals surface area contributed by atoms with Gasteiger partial charge in [0.25, 0.3) is 5.70 Å². The summed E-state index contributed by atoms with van der Waals surface area (Å²) in [5.41, 5.74) is 1.48. The molecule has 1 aliphatic rings. The molecule has 1 aliphatic heterocycles. The van der Waals surface area contributed by atoms with Crippen molar-refractivity contribution < 1.29 is 13.9 Å². The van der Waals surface area contributed by atoms with Gasteiger partial charge in [-0.15, -0.1) is 0 Å². The van der Waals surface area contributed by atoms with E-state index < -0.39 is 11.6 Å². The van der Waals surface area contributed by atoms with Crippen LogP contribution in [0, 0.1) is 18.4 Å². The molecular formula is C20H16N2O4. The summed E-state index contributed by atoms with van der Waals surface area (Å²) < 4.78 is 10.2. The summed E-state index contributed by atoms with van der Waals surface area (Å²) in [5.74, 6) is 5.40. The van der Waals surface area contributed by atoms with Crippen molar-refractivity contribution in [3.05, 3.63) is 62.4 Å². The van der Waals surface area contributed by atoms with E-state index in [1.54, 1.807) is 19.1 Å². The molecule has 0 unspecified atom stereocenters. The zero-order valence-corrected chi connectivity index (χ0v) is 14.2. The minimum atomic E-state index is -0.764. The Morgan fingerprint density at radius 3 is 3.08 bits per heavy atom.